The Hall–Kier alpha value is -3.31. The number of benzene rings is 2. The molecule has 6 unspecified atom stereocenters. The number of aromatic amines is 1. The largest absolute Gasteiger partial charge is 0.393 e. The Bertz CT molecular complexity index is 2000. The van der Waals surface area contributed by atoms with Gasteiger partial charge in [0, 0.05) is 5.41 Å². The van der Waals surface area contributed by atoms with Crippen LogP contribution in [0.2, 0.25) is 0 Å². The van der Waals surface area contributed by atoms with E-state index in [9.17, 15) is 15.0 Å². The Morgan fingerprint density at radius 2 is 1.91 bits per heavy atom. The molecule has 3 heterocycles. The number of nitrogens with zero attached hydrogens (tertiary/aromatic N) is 4. The number of para-hydroxylation sites is 3. The lowest BCUT2D eigenvalue weighted by atomic mass is 9.45. The summed E-state index contributed by atoms with van der Waals surface area (Å²) in [5, 5.41) is 29.0. The van der Waals surface area contributed by atoms with E-state index in [1.165, 1.54) is 17.3 Å². The number of aliphatic hydroxyl groups excluding tert-OH is 1. The first-order chi connectivity index (χ1) is 22.2. The van der Waals surface area contributed by atoms with Crippen LogP contribution in [0, 0.1) is 28.6 Å². The highest BCUT2D eigenvalue weighted by molar-refractivity contribution is 8.01. The molecule has 10 heteroatoms. The summed E-state index contributed by atoms with van der Waals surface area (Å²) < 4.78 is 3.86. The van der Waals surface area contributed by atoms with Crippen LogP contribution in [0.5, 0.6) is 0 Å². The minimum absolute atomic E-state index is 0.0582. The zero-order chi connectivity index (χ0) is 31.4. The monoisotopic (exact) mass is 651 g/mol. The summed E-state index contributed by atoms with van der Waals surface area (Å²) in [6.07, 6.45) is 8.02. The molecule has 3 fully saturated rings. The van der Waals surface area contributed by atoms with Gasteiger partial charge in [0.2, 0.25) is 5.95 Å². The number of aliphatic hydroxyl groups is 2. The van der Waals surface area contributed by atoms with Gasteiger partial charge in [-0.15, -0.1) is 11.3 Å². The van der Waals surface area contributed by atoms with E-state index in [2.05, 4.69) is 29.9 Å². The van der Waals surface area contributed by atoms with Crippen LogP contribution in [0.15, 0.2) is 64.6 Å². The second-order valence-electron chi connectivity index (χ2n) is 14.4. The number of nitrogens with one attached hydrogen (secondary N) is 1. The molecule has 0 radical (unpaired) electrons. The number of thiazole rings is 1. The Kier molecular flexibility index (Phi) is 6.34. The first-order valence-corrected chi connectivity index (χ1v) is 18.1. The van der Waals surface area contributed by atoms with Gasteiger partial charge in [0.1, 0.15) is 5.60 Å². The van der Waals surface area contributed by atoms with E-state index in [4.69, 9.17) is 10.1 Å². The zero-order valence-electron chi connectivity index (χ0n) is 25.9. The molecule has 4 aliphatic carbocycles. The van der Waals surface area contributed by atoms with Crippen molar-refractivity contribution in [2.24, 2.45) is 28.6 Å². The van der Waals surface area contributed by atoms with Gasteiger partial charge in [0.05, 0.1) is 45.0 Å². The number of hydrogen-bond donors (Lipinski definition) is 3. The third-order valence-corrected chi connectivity index (χ3v) is 14.4. The van der Waals surface area contributed by atoms with Gasteiger partial charge in [0.25, 0.3) is 0 Å². The molecular weight excluding hydrogens is 615 g/mol. The van der Waals surface area contributed by atoms with E-state index < -0.39 is 17.1 Å². The minimum Gasteiger partial charge on any atom is -0.393 e. The molecule has 5 aromatic rings. The van der Waals surface area contributed by atoms with Crippen LogP contribution < -0.4 is 0 Å². The van der Waals surface area contributed by atoms with Gasteiger partial charge in [-0.05, 0) is 97.6 Å². The number of rotatable bonds is 5. The van der Waals surface area contributed by atoms with Crippen molar-refractivity contribution < 1.29 is 15.0 Å². The van der Waals surface area contributed by atoms with Crippen LogP contribution in [-0.2, 0) is 11.2 Å². The first kappa shape index (κ1) is 28.9. The van der Waals surface area contributed by atoms with Crippen molar-refractivity contribution in [3.63, 3.8) is 0 Å². The number of allylic oxidation sites excluding steroid dienone is 1. The Labute approximate surface area is 275 Å². The van der Waals surface area contributed by atoms with E-state index >= 15 is 0 Å². The number of carbonyl (C=O) groups is 1. The summed E-state index contributed by atoms with van der Waals surface area (Å²) >= 11 is 3.01. The number of aromatic nitrogens is 5. The summed E-state index contributed by atoms with van der Waals surface area (Å²) in [7, 11) is 0. The summed E-state index contributed by atoms with van der Waals surface area (Å²) in [5.41, 5.74) is 4.09. The van der Waals surface area contributed by atoms with E-state index in [1.54, 1.807) is 11.3 Å². The minimum atomic E-state index is -1.45. The summed E-state index contributed by atoms with van der Waals surface area (Å²) in [6.45, 7) is 4.40. The van der Waals surface area contributed by atoms with Gasteiger partial charge in [-0.25, -0.2) is 14.6 Å². The zero-order valence-corrected chi connectivity index (χ0v) is 27.6. The number of Topliss-reactive ketones (excluding diaryl/α,β-unsaturated/α-hetero) is 1. The summed E-state index contributed by atoms with van der Waals surface area (Å²) in [5.74, 6) is 1.24. The van der Waals surface area contributed by atoms with Crippen LogP contribution >= 0.6 is 23.1 Å². The highest BCUT2D eigenvalue weighted by Crippen LogP contribution is 2.67. The molecule has 46 heavy (non-hydrogen) atoms. The van der Waals surface area contributed by atoms with Gasteiger partial charge in [-0.1, -0.05) is 55.4 Å². The molecule has 0 saturated heterocycles. The molecule has 3 N–H and O–H groups in total. The molecular formula is C36H37N5O3S2. The van der Waals surface area contributed by atoms with Crippen molar-refractivity contribution in [1.29, 1.82) is 0 Å². The van der Waals surface area contributed by atoms with E-state index in [0.29, 0.717) is 18.8 Å². The molecule has 7 atom stereocenters. The van der Waals surface area contributed by atoms with Crippen molar-refractivity contribution >= 4 is 56.2 Å². The van der Waals surface area contributed by atoms with Crippen LogP contribution in [0.25, 0.3) is 33.3 Å². The number of imidazole rings is 1. The number of hydrogen-bond acceptors (Lipinski definition) is 8. The third kappa shape index (κ3) is 3.99. The fraction of sp³-hybridized carbons (Fsp3) is 0.444. The molecule has 4 aliphatic rings. The molecule has 2 aromatic carbocycles. The molecule has 0 aliphatic heterocycles. The fourth-order valence-electron chi connectivity index (χ4n) is 10.0. The SMILES string of the molecule is CC12Cc3cnn(-c4nc5ccccc5[nH]4)c3C=C1CCC1C2C(O)CC2(C)C1CC[C@]2(O)C(=O)CSc1nc2ccccc2s1. The number of ketones is 1. The topological polar surface area (TPSA) is 117 Å². The smallest absolute Gasteiger partial charge is 0.229 e. The third-order valence-electron chi connectivity index (χ3n) is 12.2. The second kappa shape index (κ2) is 10.1. The molecule has 0 bridgehead atoms. The lowest BCUT2D eigenvalue weighted by molar-refractivity contribution is -0.177. The average Bonchev–Trinajstić information content (AvgIpc) is 3.81. The summed E-state index contributed by atoms with van der Waals surface area (Å²) in [4.78, 5) is 26.8. The maximum Gasteiger partial charge on any atom is 0.229 e. The second-order valence-corrected chi connectivity index (χ2v) is 16.6. The standard InChI is InChI=1S/C36H37N5O3S2/c1-34-16-20-18-37-41(32-38-24-7-3-4-8-25(24)39-32)27(20)15-21(34)11-12-22-23-13-14-36(44,35(23,2)17-28(42)31(22)34)30(43)19-45-33-40-26-9-5-6-10-29(26)46-33/h3-10,15,18,22-23,28,31,42,44H,11-14,16-17,19H2,1-2H3,(H,38,39)/t22?,23?,28?,31?,34?,35?,36-/m0/s1. The van der Waals surface area contributed by atoms with Crippen molar-refractivity contribution in [2.75, 3.05) is 5.75 Å². The molecule has 3 aromatic heterocycles. The predicted octanol–water partition coefficient (Wildman–Crippen LogP) is 6.60. The highest BCUT2D eigenvalue weighted by Gasteiger charge is 2.68. The molecule has 0 amide bonds. The van der Waals surface area contributed by atoms with Crippen LogP contribution in [0.4, 0.5) is 0 Å². The molecule has 0 spiro atoms. The quantitative estimate of drug-likeness (QED) is 0.183. The van der Waals surface area contributed by atoms with Gasteiger partial charge in [0.15, 0.2) is 10.1 Å². The molecule has 9 rings (SSSR count). The Morgan fingerprint density at radius 3 is 2.74 bits per heavy atom. The van der Waals surface area contributed by atoms with Crippen molar-refractivity contribution in [2.45, 2.75) is 68.4 Å². The maximum atomic E-state index is 13.9. The molecule has 236 valence electrons. The van der Waals surface area contributed by atoms with E-state index in [0.717, 1.165) is 62.5 Å². The Balaban J connectivity index is 0.980. The lowest BCUT2D eigenvalue weighted by Crippen LogP contribution is -2.62. The predicted molar refractivity (Wildman–Crippen MR) is 181 cm³/mol. The van der Waals surface area contributed by atoms with Gasteiger partial charge in [-0.3, -0.25) is 4.79 Å². The molecule has 8 nitrogen and oxygen atoms in total. The normalized spacial score (nSPS) is 33.3. The van der Waals surface area contributed by atoms with Crippen molar-refractivity contribution in [3.8, 4) is 5.95 Å². The number of H-pyrrole nitrogens is 1. The average molecular weight is 652 g/mol. The van der Waals surface area contributed by atoms with Crippen molar-refractivity contribution in [3.05, 3.63) is 71.6 Å². The highest BCUT2D eigenvalue weighted by atomic mass is 32.2. The van der Waals surface area contributed by atoms with E-state index in [1.807, 2.05) is 59.4 Å². The van der Waals surface area contributed by atoms with Crippen LogP contribution in [0.3, 0.4) is 0 Å². The fourth-order valence-corrected chi connectivity index (χ4v) is 12.1. The van der Waals surface area contributed by atoms with Crippen LogP contribution in [0.1, 0.15) is 57.2 Å². The number of fused-ring (bicyclic) bond motifs is 8. The number of thioether (sulfide) groups is 1. The van der Waals surface area contributed by atoms with Crippen LogP contribution in [-0.4, -0.2) is 58.2 Å². The summed E-state index contributed by atoms with van der Waals surface area (Å²) in [6, 6.07) is 16.0. The van der Waals surface area contributed by atoms with Crippen molar-refractivity contribution in [1.82, 2.24) is 24.7 Å². The molecule has 3 saturated carbocycles. The number of carbonyl (C=O) groups excluding carboxylic acids is 1. The Morgan fingerprint density at radius 1 is 1.11 bits per heavy atom. The lowest BCUT2D eigenvalue weighted by Gasteiger charge is -2.60. The van der Waals surface area contributed by atoms with Gasteiger partial charge < -0.3 is 15.2 Å². The first-order valence-electron chi connectivity index (χ1n) is 16.3. The maximum absolute atomic E-state index is 13.9. The van der Waals surface area contributed by atoms with Gasteiger partial charge in [-0.2, -0.15) is 5.10 Å². The van der Waals surface area contributed by atoms with E-state index in [-0.39, 0.29) is 34.7 Å². The van der Waals surface area contributed by atoms with Gasteiger partial charge >= 0.3 is 0 Å².